The van der Waals surface area contributed by atoms with Crippen LogP contribution in [0.4, 0.5) is 11.4 Å². The van der Waals surface area contributed by atoms with Crippen molar-refractivity contribution in [3.8, 4) is 44.5 Å². The standard InChI is InChI=1S/C67H51N/c1-42-38-46(39-62-65(42)68(47-24-5-4-6-25-47)67(3)37-14-13-36-66(62,67)2)58-40-59(51-29-15-21-43-18-7-10-26-48(43)51)55-34-35-57-61(53-31-17-23-45-20-9-12-28-50(45)53)41-60(56-33-32-54(58)63(55)64(56)57)52-30-16-22-44-19-8-11-27-49(44)52/h4-12,15-35,38-41H,13-14,36-37H2,1-3H3. The van der Waals surface area contributed by atoms with Crippen molar-refractivity contribution in [3.63, 3.8) is 0 Å². The van der Waals surface area contributed by atoms with Crippen LogP contribution in [0.25, 0.3) is 109 Å². The van der Waals surface area contributed by atoms with Crippen LogP contribution in [0, 0.1) is 6.92 Å². The first kappa shape index (κ1) is 39.4. The van der Waals surface area contributed by atoms with Crippen molar-refractivity contribution in [3.05, 3.63) is 217 Å². The fraction of sp³-hybridized carbons (Fsp3) is 0.134. The lowest BCUT2D eigenvalue weighted by Gasteiger charge is -2.50. The second-order valence-corrected chi connectivity index (χ2v) is 20.3. The summed E-state index contributed by atoms with van der Waals surface area (Å²) < 4.78 is 0. The van der Waals surface area contributed by atoms with Crippen LogP contribution in [0.15, 0.2) is 206 Å². The van der Waals surface area contributed by atoms with E-state index < -0.39 is 0 Å². The summed E-state index contributed by atoms with van der Waals surface area (Å²) in [6, 6.07) is 78.3. The molecule has 1 heteroatoms. The number of para-hydroxylation sites is 1. The van der Waals surface area contributed by atoms with Gasteiger partial charge in [0.2, 0.25) is 0 Å². The molecule has 68 heavy (non-hydrogen) atoms. The molecule has 0 N–H and O–H groups in total. The summed E-state index contributed by atoms with van der Waals surface area (Å²) in [5, 5.41) is 15.4. The van der Waals surface area contributed by atoms with Crippen molar-refractivity contribution in [2.75, 3.05) is 4.90 Å². The Hall–Kier alpha value is -7.74. The summed E-state index contributed by atoms with van der Waals surface area (Å²) in [7, 11) is 0. The van der Waals surface area contributed by atoms with Crippen molar-refractivity contribution in [1.82, 2.24) is 0 Å². The Kier molecular flexibility index (Phi) is 8.48. The molecule has 0 saturated heterocycles. The highest BCUT2D eigenvalue weighted by atomic mass is 15.3. The van der Waals surface area contributed by atoms with Crippen LogP contribution in [0.2, 0.25) is 0 Å². The van der Waals surface area contributed by atoms with E-state index >= 15 is 0 Å². The van der Waals surface area contributed by atoms with Crippen molar-refractivity contribution >= 4 is 76.0 Å². The molecule has 0 spiro atoms. The minimum Gasteiger partial charge on any atom is -0.334 e. The van der Waals surface area contributed by atoms with Gasteiger partial charge in [-0.15, -0.1) is 0 Å². The largest absolute Gasteiger partial charge is 0.334 e. The Morgan fingerprint density at radius 3 is 1.31 bits per heavy atom. The molecular weight excluding hydrogens is 819 g/mol. The summed E-state index contributed by atoms with van der Waals surface area (Å²) >= 11 is 0. The zero-order valence-corrected chi connectivity index (χ0v) is 38.9. The van der Waals surface area contributed by atoms with E-state index in [1.807, 2.05) is 0 Å². The minimum atomic E-state index is -0.0366. The number of hydrogen-bond donors (Lipinski definition) is 0. The van der Waals surface area contributed by atoms with Gasteiger partial charge in [0.25, 0.3) is 0 Å². The normalized spacial score (nSPS) is 18.1. The summed E-state index contributed by atoms with van der Waals surface area (Å²) in [5.41, 5.74) is 15.7. The fourth-order valence-corrected chi connectivity index (χ4v) is 13.4. The zero-order valence-electron chi connectivity index (χ0n) is 38.9. The first-order valence-corrected chi connectivity index (χ1v) is 24.6. The summed E-state index contributed by atoms with van der Waals surface area (Å²) in [5.74, 6) is 0. The van der Waals surface area contributed by atoms with E-state index in [0.717, 1.165) is 0 Å². The molecule has 0 radical (unpaired) electrons. The van der Waals surface area contributed by atoms with Crippen LogP contribution in [-0.4, -0.2) is 5.54 Å². The summed E-state index contributed by atoms with van der Waals surface area (Å²) in [4.78, 5) is 2.73. The molecule has 1 saturated carbocycles. The van der Waals surface area contributed by atoms with E-state index in [1.54, 1.807) is 0 Å². The van der Waals surface area contributed by atoms with Gasteiger partial charge < -0.3 is 4.90 Å². The van der Waals surface area contributed by atoms with Crippen molar-refractivity contribution < 1.29 is 0 Å². The van der Waals surface area contributed by atoms with Crippen LogP contribution < -0.4 is 4.90 Å². The molecule has 2 atom stereocenters. The van der Waals surface area contributed by atoms with E-state index in [1.165, 1.54) is 157 Å². The molecule has 14 rings (SSSR count). The highest BCUT2D eigenvalue weighted by Crippen LogP contribution is 2.62. The second-order valence-electron chi connectivity index (χ2n) is 20.3. The monoisotopic (exact) mass is 869 g/mol. The van der Waals surface area contributed by atoms with Crippen molar-refractivity contribution in [1.29, 1.82) is 0 Å². The van der Waals surface area contributed by atoms with Crippen LogP contribution in [-0.2, 0) is 5.41 Å². The lowest BCUT2D eigenvalue weighted by Crippen LogP contribution is -2.54. The number of nitrogens with zero attached hydrogens (tertiary/aromatic N) is 1. The van der Waals surface area contributed by atoms with Gasteiger partial charge in [0.15, 0.2) is 0 Å². The predicted octanol–water partition coefficient (Wildman–Crippen LogP) is 18.8. The van der Waals surface area contributed by atoms with E-state index in [4.69, 9.17) is 0 Å². The molecule has 1 fully saturated rings. The molecule has 2 aliphatic rings. The quantitative estimate of drug-likeness (QED) is 0.156. The maximum Gasteiger partial charge on any atom is 0.0518 e. The molecule has 12 aromatic carbocycles. The Balaban J connectivity index is 1.14. The number of anilines is 2. The Labute approximate surface area is 398 Å². The van der Waals surface area contributed by atoms with Gasteiger partial charge in [-0.3, -0.25) is 0 Å². The molecule has 1 aliphatic heterocycles. The molecule has 0 aromatic heterocycles. The predicted molar refractivity (Wildman–Crippen MR) is 292 cm³/mol. The molecule has 12 aromatic rings. The van der Waals surface area contributed by atoms with Gasteiger partial charge in [-0.05, 0) is 183 Å². The molecule has 1 aliphatic carbocycles. The maximum atomic E-state index is 2.73. The Morgan fingerprint density at radius 2 is 0.794 bits per heavy atom. The van der Waals surface area contributed by atoms with Crippen molar-refractivity contribution in [2.24, 2.45) is 0 Å². The third-order valence-corrected chi connectivity index (χ3v) is 16.9. The van der Waals surface area contributed by atoms with Crippen LogP contribution >= 0.6 is 0 Å². The third-order valence-electron chi connectivity index (χ3n) is 16.9. The SMILES string of the molecule is Cc1cc(-c2cc(-c3cccc4ccccc34)c3ccc4c(-c5cccc6ccccc56)cc(-c5cccc6ccccc56)c5ccc2c3c54)cc2c1N(c1ccccc1)C1(C)CCCCC21C. The average molecular weight is 870 g/mol. The fourth-order valence-electron chi connectivity index (χ4n) is 13.4. The third kappa shape index (κ3) is 5.45. The minimum absolute atomic E-state index is 0.0137. The molecule has 1 heterocycles. The van der Waals surface area contributed by atoms with Gasteiger partial charge in [0.1, 0.15) is 0 Å². The number of benzene rings is 12. The van der Waals surface area contributed by atoms with Crippen molar-refractivity contribution in [2.45, 2.75) is 57.4 Å². The second kappa shape index (κ2) is 14.6. The molecule has 324 valence electrons. The van der Waals surface area contributed by atoms with Gasteiger partial charge in [-0.1, -0.05) is 190 Å². The molecular formula is C67H51N. The lowest BCUT2D eigenvalue weighted by atomic mass is 9.61. The number of fused-ring (bicyclic) bond motifs is 6. The first-order valence-electron chi connectivity index (χ1n) is 24.6. The van der Waals surface area contributed by atoms with Crippen LogP contribution in [0.5, 0.6) is 0 Å². The molecule has 0 bridgehead atoms. The number of aryl methyl sites for hydroxylation is 1. The van der Waals surface area contributed by atoms with Gasteiger partial charge in [0.05, 0.1) is 5.54 Å². The van der Waals surface area contributed by atoms with Gasteiger partial charge >= 0.3 is 0 Å². The molecule has 0 amide bonds. The van der Waals surface area contributed by atoms with Gasteiger partial charge in [-0.2, -0.15) is 0 Å². The van der Waals surface area contributed by atoms with E-state index in [0.29, 0.717) is 0 Å². The smallest absolute Gasteiger partial charge is 0.0518 e. The molecule has 2 unspecified atom stereocenters. The highest BCUT2D eigenvalue weighted by Gasteiger charge is 2.58. The number of hydrogen-bond acceptors (Lipinski definition) is 1. The van der Waals surface area contributed by atoms with E-state index in [9.17, 15) is 0 Å². The summed E-state index contributed by atoms with van der Waals surface area (Å²) in [6.07, 6.45) is 4.85. The zero-order chi connectivity index (χ0) is 45.3. The van der Waals surface area contributed by atoms with Gasteiger partial charge in [0, 0.05) is 16.8 Å². The van der Waals surface area contributed by atoms with E-state index in [-0.39, 0.29) is 11.0 Å². The highest BCUT2D eigenvalue weighted by molar-refractivity contribution is 6.33. The van der Waals surface area contributed by atoms with E-state index in [2.05, 4.69) is 232 Å². The lowest BCUT2D eigenvalue weighted by molar-refractivity contribution is 0.195. The first-order chi connectivity index (χ1) is 33.4. The maximum absolute atomic E-state index is 2.73. The molecule has 1 nitrogen and oxygen atoms in total. The Bertz CT molecular complexity index is 3910. The van der Waals surface area contributed by atoms with Crippen LogP contribution in [0.1, 0.15) is 50.7 Å². The Morgan fingerprint density at radius 1 is 0.368 bits per heavy atom. The summed E-state index contributed by atoms with van der Waals surface area (Å²) in [6.45, 7) is 7.50. The average Bonchev–Trinajstić information content (AvgIpc) is 3.60. The topological polar surface area (TPSA) is 3.24 Å². The van der Waals surface area contributed by atoms with Gasteiger partial charge in [-0.25, -0.2) is 0 Å². The number of rotatable bonds is 5. The van der Waals surface area contributed by atoms with Crippen LogP contribution in [0.3, 0.4) is 0 Å².